The second kappa shape index (κ2) is 8.45. The SMILES string of the molecule is Cc1c(C(=O)NCCCN2CCOCC2)nnn1-c1ccc2ncccc2c1. The molecule has 0 aliphatic carbocycles. The van der Waals surface area contributed by atoms with Crippen molar-refractivity contribution in [3.63, 3.8) is 0 Å². The number of hydrogen-bond acceptors (Lipinski definition) is 6. The van der Waals surface area contributed by atoms with Crippen LogP contribution in [-0.2, 0) is 4.74 Å². The molecule has 1 amide bonds. The van der Waals surface area contributed by atoms with Gasteiger partial charge in [0, 0.05) is 31.2 Å². The highest BCUT2D eigenvalue weighted by Crippen LogP contribution is 2.18. The zero-order valence-corrected chi connectivity index (χ0v) is 16.0. The molecule has 3 aromatic rings. The molecule has 0 radical (unpaired) electrons. The maximum Gasteiger partial charge on any atom is 0.273 e. The average molecular weight is 380 g/mol. The molecule has 1 aromatic carbocycles. The number of morpholine rings is 1. The van der Waals surface area contributed by atoms with Crippen LogP contribution in [0.5, 0.6) is 0 Å². The Kier molecular flexibility index (Phi) is 5.59. The van der Waals surface area contributed by atoms with Crippen LogP contribution in [0, 0.1) is 6.92 Å². The first kappa shape index (κ1) is 18.5. The zero-order chi connectivity index (χ0) is 19.3. The van der Waals surface area contributed by atoms with Gasteiger partial charge in [0.25, 0.3) is 5.91 Å². The molecule has 0 saturated carbocycles. The van der Waals surface area contributed by atoms with Crippen LogP contribution in [-0.4, -0.2) is 70.2 Å². The highest BCUT2D eigenvalue weighted by Gasteiger charge is 2.17. The second-order valence-electron chi connectivity index (χ2n) is 6.88. The summed E-state index contributed by atoms with van der Waals surface area (Å²) in [6.07, 6.45) is 2.67. The summed E-state index contributed by atoms with van der Waals surface area (Å²) in [6, 6.07) is 9.77. The van der Waals surface area contributed by atoms with Gasteiger partial charge >= 0.3 is 0 Å². The lowest BCUT2D eigenvalue weighted by molar-refractivity contribution is 0.0374. The third-order valence-electron chi connectivity index (χ3n) is 4.98. The van der Waals surface area contributed by atoms with Crippen LogP contribution in [0.4, 0.5) is 0 Å². The summed E-state index contributed by atoms with van der Waals surface area (Å²) in [4.78, 5) is 19.2. The van der Waals surface area contributed by atoms with E-state index in [1.807, 2.05) is 37.3 Å². The molecule has 146 valence electrons. The van der Waals surface area contributed by atoms with Gasteiger partial charge in [0.05, 0.1) is 30.1 Å². The molecule has 1 aliphatic rings. The van der Waals surface area contributed by atoms with Crippen LogP contribution in [0.1, 0.15) is 22.6 Å². The van der Waals surface area contributed by atoms with Gasteiger partial charge in [0.15, 0.2) is 5.69 Å². The standard InChI is InChI=1S/C20H24N6O2/c1-15-19(20(27)22-8-3-9-25-10-12-28-13-11-25)23-24-26(15)17-5-6-18-16(14-17)4-2-7-21-18/h2,4-7,14H,3,8-13H2,1H3,(H,22,27). The van der Waals surface area contributed by atoms with E-state index in [0.717, 1.165) is 55.9 Å². The topological polar surface area (TPSA) is 85.2 Å². The minimum atomic E-state index is -0.187. The molecule has 0 bridgehead atoms. The average Bonchev–Trinajstić information content (AvgIpc) is 3.13. The van der Waals surface area contributed by atoms with Gasteiger partial charge in [-0.2, -0.15) is 0 Å². The van der Waals surface area contributed by atoms with Crippen molar-refractivity contribution in [3.05, 3.63) is 47.9 Å². The van der Waals surface area contributed by atoms with Crippen LogP contribution in [0.3, 0.4) is 0 Å². The van der Waals surface area contributed by atoms with E-state index in [2.05, 4.69) is 25.5 Å². The maximum absolute atomic E-state index is 12.5. The summed E-state index contributed by atoms with van der Waals surface area (Å²) < 4.78 is 7.03. The molecule has 8 heteroatoms. The van der Waals surface area contributed by atoms with Gasteiger partial charge in [0.2, 0.25) is 0 Å². The van der Waals surface area contributed by atoms with Crippen molar-refractivity contribution >= 4 is 16.8 Å². The maximum atomic E-state index is 12.5. The Morgan fingerprint density at radius 3 is 2.96 bits per heavy atom. The van der Waals surface area contributed by atoms with Crippen molar-refractivity contribution in [2.75, 3.05) is 39.4 Å². The van der Waals surface area contributed by atoms with Crippen molar-refractivity contribution < 1.29 is 9.53 Å². The van der Waals surface area contributed by atoms with Gasteiger partial charge in [-0.3, -0.25) is 14.7 Å². The predicted molar refractivity (Wildman–Crippen MR) is 106 cm³/mol. The minimum Gasteiger partial charge on any atom is -0.379 e. The molecule has 0 atom stereocenters. The van der Waals surface area contributed by atoms with E-state index in [1.54, 1.807) is 10.9 Å². The lowest BCUT2D eigenvalue weighted by Gasteiger charge is -2.26. The van der Waals surface area contributed by atoms with E-state index in [0.29, 0.717) is 17.9 Å². The van der Waals surface area contributed by atoms with Gasteiger partial charge in [0.1, 0.15) is 0 Å². The summed E-state index contributed by atoms with van der Waals surface area (Å²) in [7, 11) is 0. The molecule has 1 aliphatic heterocycles. The number of benzene rings is 1. The molecule has 1 saturated heterocycles. The quantitative estimate of drug-likeness (QED) is 0.654. The number of pyridine rings is 1. The van der Waals surface area contributed by atoms with Crippen LogP contribution < -0.4 is 5.32 Å². The Balaban J connectivity index is 1.38. The first-order valence-electron chi connectivity index (χ1n) is 9.58. The molecule has 3 heterocycles. The van der Waals surface area contributed by atoms with Gasteiger partial charge in [-0.05, 0) is 44.2 Å². The van der Waals surface area contributed by atoms with Gasteiger partial charge < -0.3 is 10.1 Å². The summed E-state index contributed by atoms with van der Waals surface area (Å²) in [5.74, 6) is -0.187. The molecule has 4 rings (SSSR count). The van der Waals surface area contributed by atoms with Crippen LogP contribution >= 0.6 is 0 Å². The highest BCUT2D eigenvalue weighted by molar-refractivity contribution is 5.93. The monoisotopic (exact) mass is 380 g/mol. The van der Waals surface area contributed by atoms with Crippen LogP contribution in [0.25, 0.3) is 16.6 Å². The van der Waals surface area contributed by atoms with E-state index in [4.69, 9.17) is 4.74 Å². The molecule has 0 unspecified atom stereocenters. The van der Waals surface area contributed by atoms with Gasteiger partial charge in [-0.25, -0.2) is 4.68 Å². The Morgan fingerprint density at radius 1 is 1.25 bits per heavy atom. The van der Waals surface area contributed by atoms with E-state index >= 15 is 0 Å². The number of nitrogens with zero attached hydrogens (tertiary/aromatic N) is 5. The van der Waals surface area contributed by atoms with Crippen molar-refractivity contribution in [2.24, 2.45) is 0 Å². The van der Waals surface area contributed by atoms with Crippen molar-refractivity contribution in [2.45, 2.75) is 13.3 Å². The molecule has 1 N–H and O–H groups in total. The summed E-state index contributed by atoms with van der Waals surface area (Å²) in [5, 5.41) is 12.2. The lowest BCUT2D eigenvalue weighted by Crippen LogP contribution is -2.38. The van der Waals surface area contributed by atoms with Crippen LogP contribution in [0.2, 0.25) is 0 Å². The number of carbonyl (C=O) groups excluding carboxylic acids is 1. The Labute approximate surface area is 163 Å². The molecular formula is C20H24N6O2. The van der Waals surface area contributed by atoms with Crippen LogP contribution in [0.15, 0.2) is 36.5 Å². The molecule has 8 nitrogen and oxygen atoms in total. The summed E-state index contributed by atoms with van der Waals surface area (Å²) >= 11 is 0. The number of fused-ring (bicyclic) bond motifs is 1. The van der Waals surface area contributed by atoms with Crippen molar-refractivity contribution in [1.29, 1.82) is 0 Å². The third kappa shape index (κ3) is 4.02. The molecule has 1 fully saturated rings. The number of nitrogens with one attached hydrogen (secondary N) is 1. The number of ether oxygens (including phenoxy) is 1. The molecule has 2 aromatic heterocycles. The second-order valence-corrected chi connectivity index (χ2v) is 6.88. The first-order valence-corrected chi connectivity index (χ1v) is 9.58. The fraction of sp³-hybridized carbons (Fsp3) is 0.400. The Hall–Kier alpha value is -2.84. The number of amides is 1. The molecule has 28 heavy (non-hydrogen) atoms. The van der Waals surface area contributed by atoms with Crippen molar-refractivity contribution in [3.8, 4) is 5.69 Å². The smallest absolute Gasteiger partial charge is 0.273 e. The van der Waals surface area contributed by atoms with E-state index < -0.39 is 0 Å². The Bertz CT molecular complexity index is 964. The number of carbonyl (C=O) groups is 1. The zero-order valence-electron chi connectivity index (χ0n) is 16.0. The third-order valence-corrected chi connectivity index (χ3v) is 4.98. The predicted octanol–water partition coefficient (Wildman–Crippen LogP) is 1.58. The fourth-order valence-electron chi connectivity index (χ4n) is 3.39. The number of aromatic nitrogens is 4. The summed E-state index contributed by atoms with van der Waals surface area (Å²) in [5.41, 5.74) is 2.85. The largest absolute Gasteiger partial charge is 0.379 e. The minimum absolute atomic E-state index is 0.187. The lowest BCUT2D eigenvalue weighted by atomic mass is 10.2. The highest BCUT2D eigenvalue weighted by atomic mass is 16.5. The first-order chi connectivity index (χ1) is 13.7. The summed E-state index contributed by atoms with van der Waals surface area (Å²) in [6.45, 7) is 6.94. The van der Waals surface area contributed by atoms with Gasteiger partial charge in [-0.15, -0.1) is 5.10 Å². The Morgan fingerprint density at radius 2 is 2.11 bits per heavy atom. The fourth-order valence-corrected chi connectivity index (χ4v) is 3.39. The van der Waals surface area contributed by atoms with E-state index in [-0.39, 0.29) is 5.91 Å². The van der Waals surface area contributed by atoms with Gasteiger partial charge in [-0.1, -0.05) is 11.3 Å². The normalized spacial score (nSPS) is 15.0. The van der Waals surface area contributed by atoms with E-state index in [9.17, 15) is 4.79 Å². The van der Waals surface area contributed by atoms with E-state index in [1.165, 1.54) is 0 Å². The number of rotatable bonds is 6. The molecular weight excluding hydrogens is 356 g/mol. The number of hydrogen-bond donors (Lipinski definition) is 1. The van der Waals surface area contributed by atoms with Crippen molar-refractivity contribution in [1.82, 2.24) is 30.2 Å². The molecule has 0 spiro atoms.